The molecule has 118 valence electrons. The van der Waals surface area contributed by atoms with Gasteiger partial charge in [-0.25, -0.2) is 4.98 Å². The highest BCUT2D eigenvalue weighted by atomic mass is 35.5. The van der Waals surface area contributed by atoms with Crippen LogP contribution in [0.4, 0.5) is 5.13 Å². The van der Waals surface area contributed by atoms with Gasteiger partial charge in [-0.3, -0.25) is 10.1 Å². The third-order valence-corrected chi connectivity index (χ3v) is 3.94. The van der Waals surface area contributed by atoms with Crippen molar-refractivity contribution < 1.29 is 14.3 Å². The first-order chi connectivity index (χ1) is 10.6. The van der Waals surface area contributed by atoms with Crippen LogP contribution >= 0.6 is 34.5 Å². The van der Waals surface area contributed by atoms with Crippen molar-refractivity contribution in [2.24, 2.45) is 0 Å². The molecule has 1 aromatic carbocycles. The Bertz CT molecular complexity index is 649. The van der Waals surface area contributed by atoms with E-state index in [-0.39, 0.29) is 12.5 Å². The van der Waals surface area contributed by atoms with Gasteiger partial charge < -0.3 is 9.47 Å². The lowest BCUT2D eigenvalue weighted by molar-refractivity contribution is -0.121. The van der Waals surface area contributed by atoms with E-state index in [9.17, 15) is 4.79 Å². The second-order valence-electron chi connectivity index (χ2n) is 4.26. The van der Waals surface area contributed by atoms with Gasteiger partial charge in [0.05, 0.1) is 23.9 Å². The Morgan fingerprint density at radius 3 is 2.95 bits per heavy atom. The van der Waals surface area contributed by atoms with Gasteiger partial charge >= 0.3 is 0 Å². The minimum absolute atomic E-state index is 0.0454. The Morgan fingerprint density at radius 2 is 2.18 bits per heavy atom. The predicted octanol–water partition coefficient (Wildman–Crippen LogP) is 3.72. The number of halogens is 2. The van der Waals surface area contributed by atoms with Crippen molar-refractivity contribution in [3.63, 3.8) is 0 Å². The van der Waals surface area contributed by atoms with Crippen LogP contribution in [0, 0.1) is 0 Å². The van der Waals surface area contributed by atoms with Crippen molar-refractivity contribution in [1.82, 2.24) is 4.98 Å². The second-order valence-corrected chi connectivity index (χ2v) is 5.96. The maximum absolute atomic E-state index is 11.7. The quantitative estimate of drug-likeness (QED) is 0.764. The van der Waals surface area contributed by atoms with E-state index in [1.807, 2.05) is 0 Å². The molecule has 0 aliphatic rings. The summed E-state index contributed by atoms with van der Waals surface area (Å²) in [6.45, 7) is 0.767. The van der Waals surface area contributed by atoms with Crippen LogP contribution in [0.2, 0.25) is 10.0 Å². The van der Waals surface area contributed by atoms with Crippen molar-refractivity contribution in [2.45, 2.75) is 0 Å². The van der Waals surface area contributed by atoms with Crippen molar-refractivity contribution in [1.29, 1.82) is 0 Å². The smallest absolute Gasteiger partial charge is 0.252 e. The summed E-state index contributed by atoms with van der Waals surface area (Å²) in [7, 11) is 1.57. The first kappa shape index (κ1) is 17.2. The molecule has 0 radical (unpaired) electrons. The number of ether oxygens (including phenoxy) is 2. The van der Waals surface area contributed by atoms with Crippen LogP contribution in [0.25, 0.3) is 11.3 Å². The fourth-order valence-corrected chi connectivity index (χ4v) is 2.72. The number of rotatable bonds is 7. The maximum atomic E-state index is 11.7. The molecule has 2 aromatic rings. The van der Waals surface area contributed by atoms with Crippen molar-refractivity contribution >= 4 is 45.6 Å². The Kier molecular flexibility index (Phi) is 6.60. The van der Waals surface area contributed by atoms with E-state index in [2.05, 4.69) is 10.3 Å². The van der Waals surface area contributed by atoms with Crippen LogP contribution in [-0.2, 0) is 14.3 Å². The molecule has 1 N–H and O–H groups in total. The number of aromatic nitrogens is 1. The molecule has 22 heavy (non-hydrogen) atoms. The minimum Gasteiger partial charge on any atom is -0.382 e. The first-order valence-corrected chi connectivity index (χ1v) is 8.01. The molecule has 0 atom stereocenters. The summed E-state index contributed by atoms with van der Waals surface area (Å²) < 4.78 is 9.96. The zero-order valence-corrected chi connectivity index (χ0v) is 14.1. The molecule has 0 aliphatic carbocycles. The number of benzene rings is 1. The molecule has 1 aromatic heterocycles. The van der Waals surface area contributed by atoms with Crippen LogP contribution in [0.5, 0.6) is 0 Å². The second kappa shape index (κ2) is 8.45. The third kappa shape index (κ3) is 4.93. The lowest BCUT2D eigenvalue weighted by Gasteiger charge is -2.03. The highest BCUT2D eigenvalue weighted by Gasteiger charge is 2.11. The average molecular weight is 361 g/mol. The van der Waals surface area contributed by atoms with Gasteiger partial charge in [-0.2, -0.15) is 0 Å². The Balaban J connectivity index is 1.96. The monoisotopic (exact) mass is 360 g/mol. The van der Waals surface area contributed by atoms with E-state index in [1.165, 1.54) is 11.3 Å². The van der Waals surface area contributed by atoms with E-state index in [4.69, 9.17) is 32.7 Å². The number of anilines is 1. The molecule has 8 heteroatoms. The number of nitrogens with zero attached hydrogens (tertiary/aromatic N) is 1. The molecule has 2 rings (SSSR count). The van der Waals surface area contributed by atoms with Crippen LogP contribution in [0.1, 0.15) is 0 Å². The number of hydrogen-bond donors (Lipinski definition) is 1. The van der Waals surface area contributed by atoms with Gasteiger partial charge in [0.1, 0.15) is 6.61 Å². The summed E-state index contributed by atoms with van der Waals surface area (Å²) in [6, 6.07) is 5.15. The molecule has 0 bridgehead atoms. The molecular formula is C14H14Cl2N2O3S. The van der Waals surface area contributed by atoms with Crippen LogP contribution < -0.4 is 5.32 Å². The largest absolute Gasteiger partial charge is 0.382 e. The fourth-order valence-electron chi connectivity index (χ4n) is 1.61. The molecule has 5 nitrogen and oxygen atoms in total. The maximum Gasteiger partial charge on any atom is 0.252 e. The number of methoxy groups -OCH3 is 1. The summed E-state index contributed by atoms with van der Waals surface area (Å²) in [4.78, 5) is 16.0. The number of hydrogen-bond acceptors (Lipinski definition) is 5. The molecule has 0 fully saturated rings. The van der Waals surface area contributed by atoms with Gasteiger partial charge in [-0.15, -0.1) is 11.3 Å². The van der Waals surface area contributed by atoms with E-state index < -0.39 is 0 Å². The summed E-state index contributed by atoms with van der Waals surface area (Å²) in [5.41, 5.74) is 1.38. The first-order valence-electron chi connectivity index (χ1n) is 6.37. The van der Waals surface area contributed by atoms with Gasteiger partial charge in [0, 0.05) is 23.1 Å². The van der Waals surface area contributed by atoms with Gasteiger partial charge in [0.25, 0.3) is 5.91 Å². The molecule has 0 saturated heterocycles. The molecule has 0 spiro atoms. The third-order valence-electron chi connectivity index (χ3n) is 2.62. The topological polar surface area (TPSA) is 60.5 Å². The zero-order chi connectivity index (χ0) is 15.9. The molecular weight excluding hydrogens is 347 g/mol. The van der Waals surface area contributed by atoms with E-state index >= 15 is 0 Å². The Hall–Kier alpha value is -1.18. The fraction of sp³-hybridized carbons (Fsp3) is 0.286. The number of nitrogens with one attached hydrogen (secondary N) is 1. The molecule has 1 heterocycles. The van der Waals surface area contributed by atoms with Crippen LogP contribution in [0.3, 0.4) is 0 Å². The molecule has 0 unspecified atom stereocenters. The summed E-state index contributed by atoms with van der Waals surface area (Å²) in [5.74, 6) is -0.269. The standard InChI is InChI=1S/C14H14Cl2N2O3S/c1-20-4-5-21-7-13(19)18-14-17-12(8-22-14)10-6-9(15)2-3-11(10)16/h2-3,6,8H,4-5,7H2,1H3,(H,17,18,19). The SMILES string of the molecule is COCCOCC(=O)Nc1nc(-c2cc(Cl)ccc2Cl)cs1. The highest BCUT2D eigenvalue weighted by molar-refractivity contribution is 7.14. The number of carbonyl (C=O) groups excluding carboxylic acids is 1. The minimum atomic E-state index is -0.269. The molecule has 0 aliphatic heterocycles. The van der Waals surface area contributed by atoms with Gasteiger partial charge in [-0.05, 0) is 18.2 Å². The zero-order valence-electron chi connectivity index (χ0n) is 11.8. The predicted molar refractivity (Wildman–Crippen MR) is 88.9 cm³/mol. The van der Waals surface area contributed by atoms with Crippen LogP contribution in [0.15, 0.2) is 23.6 Å². The van der Waals surface area contributed by atoms with Crippen molar-refractivity contribution in [3.05, 3.63) is 33.6 Å². The summed E-state index contributed by atoms with van der Waals surface area (Å²) in [6.07, 6.45) is 0. The lowest BCUT2D eigenvalue weighted by Crippen LogP contribution is -2.19. The Labute approximate surface area is 142 Å². The number of carbonyl (C=O) groups is 1. The van der Waals surface area contributed by atoms with Gasteiger partial charge in [0.15, 0.2) is 5.13 Å². The summed E-state index contributed by atoms with van der Waals surface area (Å²) in [5, 5.41) is 6.08. The van der Waals surface area contributed by atoms with Crippen molar-refractivity contribution in [2.75, 3.05) is 32.2 Å². The summed E-state index contributed by atoms with van der Waals surface area (Å²) >= 11 is 13.4. The van der Waals surface area contributed by atoms with E-state index in [0.717, 1.165) is 5.56 Å². The number of thiazole rings is 1. The Morgan fingerprint density at radius 1 is 1.36 bits per heavy atom. The van der Waals surface area contributed by atoms with E-state index in [0.29, 0.717) is 34.1 Å². The van der Waals surface area contributed by atoms with Gasteiger partial charge in [0.2, 0.25) is 0 Å². The molecule has 1 amide bonds. The van der Waals surface area contributed by atoms with Crippen molar-refractivity contribution in [3.8, 4) is 11.3 Å². The number of amides is 1. The van der Waals surface area contributed by atoms with E-state index in [1.54, 1.807) is 30.7 Å². The van der Waals surface area contributed by atoms with Gasteiger partial charge in [-0.1, -0.05) is 23.2 Å². The normalized spacial score (nSPS) is 10.7. The van der Waals surface area contributed by atoms with Crippen LogP contribution in [-0.4, -0.2) is 37.8 Å². The highest BCUT2D eigenvalue weighted by Crippen LogP contribution is 2.32. The lowest BCUT2D eigenvalue weighted by atomic mass is 10.2. The average Bonchev–Trinajstić information content (AvgIpc) is 2.94. The molecule has 0 saturated carbocycles.